The quantitative estimate of drug-likeness (QED) is 0.752. The minimum atomic E-state index is -2.23. The number of rotatable bonds is 5. The smallest absolute Gasteiger partial charge is 0.251 e. The van der Waals surface area contributed by atoms with Crippen LogP contribution in [0.25, 0.3) is 0 Å². The summed E-state index contributed by atoms with van der Waals surface area (Å²) in [5.41, 5.74) is 0. The molecule has 2 saturated heterocycles. The van der Waals surface area contributed by atoms with Gasteiger partial charge >= 0.3 is 0 Å². The maximum absolute atomic E-state index is 12.1. The fraction of sp³-hybridized carbons (Fsp3) is 0.923. The molecule has 2 fully saturated rings. The highest BCUT2D eigenvalue weighted by Gasteiger charge is 2.29. The van der Waals surface area contributed by atoms with E-state index in [1.807, 2.05) is 0 Å². The Labute approximate surface area is 112 Å². The molecule has 1 amide bonds. The van der Waals surface area contributed by atoms with Crippen molar-refractivity contribution in [1.82, 2.24) is 9.80 Å². The largest absolute Gasteiger partial charge is 0.530 e. The van der Waals surface area contributed by atoms with Crippen LogP contribution < -0.4 is 5.11 Å². The molecule has 0 saturated carbocycles. The zero-order chi connectivity index (χ0) is 13.8. The molecule has 19 heavy (non-hydrogen) atoms. The number of hydrogen-bond acceptors (Lipinski definition) is 3. The third kappa shape index (κ3) is 4.30. The van der Waals surface area contributed by atoms with Crippen LogP contribution in [0.5, 0.6) is 0 Å². The topological polar surface area (TPSA) is 46.6 Å². The summed E-state index contributed by atoms with van der Waals surface area (Å²) in [7, 11) is 0. The van der Waals surface area contributed by atoms with Gasteiger partial charge in [-0.3, -0.25) is 4.90 Å². The Bertz CT molecular complexity index is 301. The van der Waals surface area contributed by atoms with Gasteiger partial charge in [-0.15, -0.1) is 0 Å². The predicted octanol–water partition coefficient (Wildman–Crippen LogP) is 1.02. The summed E-state index contributed by atoms with van der Waals surface area (Å²) in [6.07, 6.45) is 0.683. The van der Waals surface area contributed by atoms with Crippen LogP contribution in [0.1, 0.15) is 25.7 Å². The molecule has 0 bridgehead atoms. The minimum absolute atomic E-state index is 0.0967. The van der Waals surface area contributed by atoms with Crippen LogP contribution in [0.15, 0.2) is 0 Å². The number of carbonyl (C=O) groups excluding carboxylic acids is 1. The molecule has 0 aromatic heterocycles. The molecular weight excluding hydrogens is 254 g/mol. The Kier molecular flexibility index (Phi) is 4.96. The van der Waals surface area contributed by atoms with E-state index in [9.17, 15) is 18.7 Å². The number of halogens is 2. The lowest BCUT2D eigenvalue weighted by Crippen LogP contribution is -2.49. The molecule has 0 radical (unpaired) electrons. The first-order valence-corrected chi connectivity index (χ1v) is 7.01. The van der Waals surface area contributed by atoms with Crippen molar-refractivity contribution in [3.05, 3.63) is 0 Å². The fourth-order valence-corrected chi connectivity index (χ4v) is 3.08. The maximum atomic E-state index is 12.1. The van der Waals surface area contributed by atoms with Crippen LogP contribution in [0.2, 0.25) is 0 Å². The van der Waals surface area contributed by atoms with Gasteiger partial charge in [0.15, 0.2) is 0 Å². The zero-order valence-corrected chi connectivity index (χ0v) is 11.1. The van der Waals surface area contributed by atoms with Crippen molar-refractivity contribution in [2.75, 3.05) is 32.7 Å². The molecule has 2 aliphatic heterocycles. The maximum Gasteiger partial charge on any atom is 0.251 e. The first-order chi connectivity index (χ1) is 9.04. The number of alkyl halides is 2. The van der Waals surface area contributed by atoms with E-state index in [0.717, 1.165) is 38.8 Å². The van der Waals surface area contributed by atoms with E-state index in [2.05, 4.69) is 0 Å². The molecule has 110 valence electrons. The van der Waals surface area contributed by atoms with Gasteiger partial charge in [0.05, 0.1) is 6.54 Å². The number of hydrogen-bond donors (Lipinski definition) is 0. The third-order valence-electron chi connectivity index (χ3n) is 4.28. The standard InChI is InChI=1S/C13H22F2N2O2/c14-12(15)9-16-7-11(8-16)2-1-10-3-5-17(6-4-10)13(18)19/h10-12H,1-9H2,(H,18,19)/p-1. The number of likely N-dealkylation sites (tertiary alicyclic amines) is 2. The van der Waals surface area contributed by atoms with E-state index >= 15 is 0 Å². The minimum Gasteiger partial charge on any atom is -0.530 e. The van der Waals surface area contributed by atoms with Crippen molar-refractivity contribution in [1.29, 1.82) is 0 Å². The molecule has 0 unspecified atom stereocenters. The van der Waals surface area contributed by atoms with Crippen LogP contribution in [0.4, 0.5) is 13.6 Å². The Morgan fingerprint density at radius 3 is 2.26 bits per heavy atom. The first kappa shape index (κ1) is 14.5. The van der Waals surface area contributed by atoms with Crippen molar-refractivity contribution in [3.8, 4) is 0 Å². The van der Waals surface area contributed by atoms with Gasteiger partial charge in [0.25, 0.3) is 6.43 Å². The Morgan fingerprint density at radius 2 is 1.74 bits per heavy atom. The summed E-state index contributed by atoms with van der Waals surface area (Å²) >= 11 is 0. The van der Waals surface area contributed by atoms with E-state index in [0.29, 0.717) is 24.9 Å². The van der Waals surface area contributed by atoms with Crippen LogP contribution >= 0.6 is 0 Å². The molecule has 2 aliphatic rings. The van der Waals surface area contributed by atoms with E-state index in [1.54, 1.807) is 4.90 Å². The van der Waals surface area contributed by atoms with Crippen LogP contribution in [0, 0.1) is 11.8 Å². The highest BCUT2D eigenvalue weighted by Crippen LogP contribution is 2.27. The van der Waals surface area contributed by atoms with Crippen molar-refractivity contribution in [2.24, 2.45) is 11.8 Å². The molecule has 0 aromatic rings. The lowest BCUT2D eigenvalue weighted by atomic mass is 9.86. The summed E-state index contributed by atoms with van der Waals surface area (Å²) in [6, 6.07) is 0. The van der Waals surface area contributed by atoms with Crippen molar-refractivity contribution in [2.45, 2.75) is 32.1 Å². The molecule has 0 atom stereocenters. The Balaban J connectivity index is 1.55. The van der Waals surface area contributed by atoms with Crippen LogP contribution in [-0.4, -0.2) is 55.0 Å². The van der Waals surface area contributed by atoms with E-state index in [1.165, 1.54) is 4.90 Å². The van der Waals surface area contributed by atoms with Crippen molar-refractivity contribution in [3.63, 3.8) is 0 Å². The average molecular weight is 275 g/mol. The normalized spacial score (nSPS) is 22.8. The van der Waals surface area contributed by atoms with Gasteiger partial charge in [-0.2, -0.15) is 0 Å². The molecule has 0 N–H and O–H groups in total. The Hall–Kier alpha value is -0.910. The first-order valence-electron chi connectivity index (χ1n) is 7.01. The van der Waals surface area contributed by atoms with E-state index in [-0.39, 0.29) is 6.54 Å². The molecule has 2 heterocycles. The molecule has 0 aromatic carbocycles. The summed E-state index contributed by atoms with van der Waals surface area (Å²) in [5.74, 6) is 1.14. The van der Waals surface area contributed by atoms with Crippen LogP contribution in [-0.2, 0) is 0 Å². The van der Waals surface area contributed by atoms with Gasteiger partial charge in [0, 0.05) is 26.2 Å². The third-order valence-corrected chi connectivity index (χ3v) is 4.28. The molecule has 0 aliphatic carbocycles. The van der Waals surface area contributed by atoms with Crippen molar-refractivity contribution >= 4 is 6.09 Å². The number of carboxylic acid groups (broad SMARTS) is 1. The Morgan fingerprint density at radius 1 is 1.16 bits per heavy atom. The highest BCUT2D eigenvalue weighted by molar-refractivity contribution is 5.62. The number of nitrogens with zero attached hydrogens (tertiary/aromatic N) is 2. The second-order valence-corrected chi connectivity index (χ2v) is 5.75. The van der Waals surface area contributed by atoms with E-state index in [4.69, 9.17) is 0 Å². The second kappa shape index (κ2) is 6.50. The van der Waals surface area contributed by atoms with Gasteiger partial charge in [0.1, 0.15) is 6.09 Å². The molecule has 4 nitrogen and oxygen atoms in total. The molecule has 2 rings (SSSR count). The predicted molar refractivity (Wildman–Crippen MR) is 64.9 cm³/mol. The lowest BCUT2D eigenvalue weighted by molar-refractivity contribution is -0.266. The van der Waals surface area contributed by atoms with Gasteiger partial charge in [-0.25, -0.2) is 8.78 Å². The second-order valence-electron chi connectivity index (χ2n) is 5.75. The van der Waals surface area contributed by atoms with Gasteiger partial charge < -0.3 is 14.8 Å². The monoisotopic (exact) mass is 275 g/mol. The van der Waals surface area contributed by atoms with Gasteiger partial charge in [-0.05, 0) is 37.5 Å². The summed E-state index contributed by atoms with van der Waals surface area (Å²) < 4.78 is 24.2. The fourth-order valence-electron chi connectivity index (χ4n) is 3.08. The van der Waals surface area contributed by atoms with Gasteiger partial charge in [0.2, 0.25) is 0 Å². The van der Waals surface area contributed by atoms with Crippen molar-refractivity contribution < 1.29 is 18.7 Å². The SMILES string of the molecule is O=C([O-])N1CCC(CCC2CN(CC(F)F)C2)CC1. The zero-order valence-electron chi connectivity index (χ0n) is 11.1. The summed E-state index contributed by atoms with van der Waals surface area (Å²) in [4.78, 5) is 13.8. The summed E-state index contributed by atoms with van der Waals surface area (Å²) in [5, 5.41) is 10.7. The average Bonchev–Trinajstić information content (AvgIpc) is 2.32. The molecular formula is C13H21F2N2O2-. The number of piperidine rings is 1. The molecule has 6 heteroatoms. The summed E-state index contributed by atoms with van der Waals surface area (Å²) in [6.45, 7) is 2.65. The number of amides is 1. The highest BCUT2D eigenvalue weighted by atomic mass is 19.3. The molecule has 0 spiro atoms. The lowest BCUT2D eigenvalue weighted by Gasteiger charge is -2.40. The van der Waals surface area contributed by atoms with E-state index < -0.39 is 12.5 Å². The number of carbonyl (C=O) groups is 1. The van der Waals surface area contributed by atoms with Crippen LogP contribution in [0.3, 0.4) is 0 Å². The van der Waals surface area contributed by atoms with Gasteiger partial charge in [-0.1, -0.05) is 0 Å².